The average Bonchev–Trinajstić information content (AvgIpc) is 2.84. The van der Waals surface area contributed by atoms with Gasteiger partial charge in [-0.15, -0.1) is 0 Å². The molecule has 1 aromatic heterocycles. The molecule has 0 radical (unpaired) electrons. The van der Waals surface area contributed by atoms with E-state index in [1.54, 1.807) is 12.1 Å². The highest BCUT2D eigenvalue weighted by atomic mass is 16.7. The summed E-state index contributed by atoms with van der Waals surface area (Å²) in [5.74, 6) is 0.350. The smallest absolute Gasteiger partial charge is 0.449 e. The fraction of sp³-hybridized carbons (Fsp3) is 0.471. The number of carbonyl (C=O) groups is 1. The molecule has 0 unspecified atom stereocenters. The van der Waals surface area contributed by atoms with Crippen LogP contribution >= 0.6 is 0 Å². The topological polar surface area (TPSA) is 62.3 Å². The molecule has 0 atom stereocenters. The number of unbranched alkanes of at least 4 members (excludes halogenated alkanes) is 5. The first-order valence-electron chi connectivity index (χ1n) is 7.71. The van der Waals surface area contributed by atoms with Gasteiger partial charge in [-0.3, -0.25) is 0 Å². The summed E-state index contributed by atoms with van der Waals surface area (Å²) in [5, 5.41) is 9.71. The zero-order valence-corrected chi connectivity index (χ0v) is 12.5. The molecule has 4 heteroatoms. The van der Waals surface area contributed by atoms with Gasteiger partial charge in [0.05, 0.1) is 0 Å². The summed E-state index contributed by atoms with van der Waals surface area (Å²) in [5.41, 5.74) is 2.13. The van der Waals surface area contributed by atoms with Gasteiger partial charge in [0, 0.05) is 17.3 Å². The summed E-state index contributed by atoms with van der Waals surface area (Å²) in [6, 6.07) is 7.42. The number of aryl methyl sites for hydroxylation is 1. The number of rotatable bonds is 8. The summed E-state index contributed by atoms with van der Waals surface area (Å²) in [6.45, 7) is 2.23. The molecule has 0 saturated heterocycles. The maximum atomic E-state index is 10.5. The zero-order chi connectivity index (χ0) is 15.1. The van der Waals surface area contributed by atoms with Crippen molar-refractivity contribution in [2.24, 2.45) is 0 Å². The molecule has 0 saturated carbocycles. The number of aromatic amines is 1. The molecule has 0 fully saturated rings. The van der Waals surface area contributed by atoms with Crippen molar-refractivity contribution >= 4 is 17.1 Å². The molecule has 1 aromatic carbocycles. The van der Waals surface area contributed by atoms with Crippen molar-refractivity contribution in [3.63, 3.8) is 0 Å². The van der Waals surface area contributed by atoms with Crippen molar-refractivity contribution in [3.8, 4) is 5.75 Å². The lowest BCUT2D eigenvalue weighted by atomic mass is 10.1. The van der Waals surface area contributed by atoms with E-state index in [4.69, 9.17) is 5.11 Å². The first-order valence-corrected chi connectivity index (χ1v) is 7.71. The van der Waals surface area contributed by atoms with Crippen molar-refractivity contribution in [1.29, 1.82) is 0 Å². The second-order valence-electron chi connectivity index (χ2n) is 5.43. The number of ether oxygens (including phenoxy) is 1. The van der Waals surface area contributed by atoms with Crippen LogP contribution in [0.5, 0.6) is 5.75 Å². The Morgan fingerprint density at radius 1 is 1.14 bits per heavy atom. The Morgan fingerprint density at radius 3 is 2.67 bits per heavy atom. The lowest BCUT2D eigenvalue weighted by Gasteiger charge is -1.99. The molecule has 1 heterocycles. The van der Waals surface area contributed by atoms with E-state index >= 15 is 0 Å². The highest BCUT2D eigenvalue weighted by Gasteiger charge is 2.05. The van der Waals surface area contributed by atoms with Crippen LogP contribution in [-0.2, 0) is 6.42 Å². The van der Waals surface area contributed by atoms with Crippen molar-refractivity contribution in [1.82, 2.24) is 4.98 Å². The number of hydrogen-bond acceptors (Lipinski definition) is 2. The SMILES string of the molecule is CCCCCCCCc1cc2ccc(OC(=O)O)cc2[nH]1. The maximum Gasteiger partial charge on any atom is 0.511 e. The van der Waals surface area contributed by atoms with Crippen molar-refractivity contribution in [3.05, 3.63) is 30.0 Å². The Morgan fingerprint density at radius 2 is 1.90 bits per heavy atom. The van der Waals surface area contributed by atoms with Crippen LogP contribution in [0, 0.1) is 0 Å². The molecule has 0 spiro atoms. The van der Waals surface area contributed by atoms with Crippen LogP contribution in [0.25, 0.3) is 10.9 Å². The number of H-pyrrole nitrogens is 1. The van der Waals surface area contributed by atoms with E-state index < -0.39 is 6.16 Å². The number of carboxylic acid groups (broad SMARTS) is 1. The molecule has 114 valence electrons. The van der Waals surface area contributed by atoms with Gasteiger partial charge in [0.15, 0.2) is 0 Å². The zero-order valence-electron chi connectivity index (χ0n) is 12.5. The monoisotopic (exact) mass is 289 g/mol. The maximum absolute atomic E-state index is 10.5. The lowest BCUT2D eigenvalue weighted by molar-refractivity contribution is 0.144. The Hall–Kier alpha value is -1.97. The molecule has 0 aliphatic carbocycles. The van der Waals surface area contributed by atoms with Crippen molar-refractivity contribution < 1.29 is 14.6 Å². The second-order valence-corrected chi connectivity index (χ2v) is 5.43. The molecule has 21 heavy (non-hydrogen) atoms. The number of nitrogens with one attached hydrogen (secondary N) is 1. The molecule has 0 amide bonds. The molecule has 0 aliphatic heterocycles. The van der Waals surface area contributed by atoms with E-state index in [-0.39, 0.29) is 0 Å². The summed E-state index contributed by atoms with van der Waals surface area (Å²) in [7, 11) is 0. The fourth-order valence-electron chi connectivity index (χ4n) is 2.56. The third-order valence-electron chi connectivity index (χ3n) is 3.65. The van der Waals surface area contributed by atoms with E-state index in [1.165, 1.54) is 44.2 Å². The molecule has 2 aromatic rings. The first-order chi connectivity index (χ1) is 10.2. The van der Waals surface area contributed by atoms with Crippen LogP contribution in [0.15, 0.2) is 24.3 Å². The van der Waals surface area contributed by atoms with Gasteiger partial charge in [-0.1, -0.05) is 39.0 Å². The minimum atomic E-state index is -1.28. The molecule has 2 N–H and O–H groups in total. The minimum absolute atomic E-state index is 0.350. The number of benzene rings is 1. The normalized spacial score (nSPS) is 10.9. The van der Waals surface area contributed by atoms with E-state index in [2.05, 4.69) is 22.7 Å². The van der Waals surface area contributed by atoms with Gasteiger partial charge in [0.25, 0.3) is 0 Å². The number of hydrogen-bond donors (Lipinski definition) is 2. The van der Waals surface area contributed by atoms with Crippen LogP contribution in [0.3, 0.4) is 0 Å². The quantitative estimate of drug-likeness (QED) is 0.402. The Kier molecular flexibility index (Phi) is 5.67. The summed E-state index contributed by atoms with van der Waals surface area (Å²) in [6.07, 6.45) is 7.46. The van der Waals surface area contributed by atoms with E-state index in [1.807, 2.05) is 6.07 Å². The minimum Gasteiger partial charge on any atom is -0.449 e. The number of aromatic nitrogens is 1. The second kappa shape index (κ2) is 7.72. The van der Waals surface area contributed by atoms with Crippen LogP contribution in [-0.4, -0.2) is 16.2 Å². The molecule has 0 aliphatic rings. The predicted molar refractivity (Wildman–Crippen MR) is 84.0 cm³/mol. The average molecular weight is 289 g/mol. The first kappa shape index (κ1) is 15.4. The van der Waals surface area contributed by atoms with Crippen LogP contribution in [0.1, 0.15) is 51.1 Å². The van der Waals surface area contributed by atoms with Crippen LogP contribution < -0.4 is 4.74 Å². The molecular weight excluding hydrogens is 266 g/mol. The third kappa shape index (κ3) is 4.81. The summed E-state index contributed by atoms with van der Waals surface area (Å²) < 4.78 is 4.66. The highest BCUT2D eigenvalue weighted by Crippen LogP contribution is 2.22. The van der Waals surface area contributed by atoms with Crippen LogP contribution in [0.4, 0.5) is 4.79 Å². The Bertz CT molecular complexity index is 589. The van der Waals surface area contributed by atoms with Gasteiger partial charge >= 0.3 is 6.16 Å². The van der Waals surface area contributed by atoms with Gasteiger partial charge in [0.1, 0.15) is 5.75 Å². The van der Waals surface area contributed by atoms with E-state index in [0.29, 0.717) is 5.75 Å². The summed E-state index contributed by atoms with van der Waals surface area (Å²) >= 11 is 0. The standard InChI is InChI=1S/C17H23NO3/c1-2-3-4-5-6-7-8-14-11-13-9-10-15(21-17(19)20)12-16(13)18-14/h9-12,18H,2-8H2,1H3,(H,19,20). The largest absolute Gasteiger partial charge is 0.511 e. The molecule has 0 bridgehead atoms. The van der Waals surface area contributed by atoms with Gasteiger partial charge in [-0.05, 0) is 36.4 Å². The van der Waals surface area contributed by atoms with Crippen molar-refractivity contribution in [2.75, 3.05) is 0 Å². The van der Waals surface area contributed by atoms with Gasteiger partial charge in [-0.25, -0.2) is 4.79 Å². The predicted octanol–water partition coefficient (Wildman–Crippen LogP) is 5.13. The van der Waals surface area contributed by atoms with Gasteiger partial charge in [0.2, 0.25) is 0 Å². The van der Waals surface area contributed by atoms with Gasteiger partial charge < -0.3 is 14.8 Å². The third-order valence-corrected chi connectivity index (χ3v) is 3.65. The van der Waals surface area contributed by atoms with E-state index in [0.717, 1.165) is 17.3 Å². The Labute approximate surface area is 125 Å². The van der Waals surface area contributed by atoms with Crippen LogP contribution in [0.2, 0.25) is 0 Å². The van der Waals surface area contributed by atoms with Gasteiger partial charge in [-0.2, -0.15) is 0 Å². The summed E-state index contributed by atoms with van der Waals surface area (Å²) in [4.78, 5) is 13.9. The van der Waals surface area contributed by atoms with Crippen molar-refractivity contribution in [2.45, 2.75) is 51.9 Å². The highest BCUT2D eigenvalue weighted by molar-refractivity contribution is 5.82. The number of fused-ring (bicyclic) bond motifs is 1. The molecular formula is C17H23NO3. The fourth-order valence-corrected chi connectivity index (χ4v) is 2.56. The lowest BCUT2D eigenvalue weighted by Crippen LogP contribution is -2.02. The molecule has 2 rings (SSSR count). The van der Waals surface area contributed by atoms with E-state index in [9.17, 15) is 4.79 Å². The molecule has 4 nitrogen and oxygen atoms in total. The Balaban J connectivity index is 1.88.